The highest BCUT2D eigenvalue weighted by Crippen LogP contribution is 2.56. The van der Waals surface area contributed by atoms with E-state index >= 15 is 0 Å². The molecule has 0 radical (unpaired) electrons. The molecule has 0 unspecified atom stereocenters. The number of rotatable bonds is 2. The third-order valence-electron chi connectivity index (χ3n) is 10.6. The number of aromatic hydroxyl groups is 2. The Balaban J connectivity index is 1.57. The molecule has 4 heterocycles. The van der Waals surface area contributed by atoms with Crippen LogP contribution in [0.1, 0.15) is 114 Å². The number of phenolic OH excluding ortho intramolecular Hbond substituents is 2. The second kappa shape index (κ2) is 7.61. The van der Waals surface area contributed by atoms with E-state index in [0.717, 1.165) is 74.1 Å². The number of phenols is 2. The molecule has 4 aliphatic heterocycles. The van der Waals surface area contributed by atoms with Crippen molar-refractivity contribution in [3.05, 3.63) is 45.5 Å². The lowest BCUT2D eigenvalue weighted by Gasteiger charge is -2.49. The summed E-state index contributed by atoms with van der Waals surface area (Å²) < 4.78 is 0. The molecule has 0 aliphatic carbocycles. The first-order valence-electron chi connectivity index (χ1n) is 14.4. The third-order valence-corrected chi connectivity index (χ3v) is 10.6. The van der Waals surface area contributed by atoms with Crippen molar-refractivity contribution in [1.82, 2.24) is 0 Å². The molecule has 0 fully saturated rings. The molecule has 4 nitrogen and oxygen atoms in total. The van der Waals surface area contributed by atoms with E-state index in [1.807, 2.05) is 0 Å². The maximum absolute atomic E-state index is 11.9. The molecule has 0 saturated heterocycles. The highest BCUT2D eigenvalue weighted by Gasteiger charge is 2.44. The van der Waals surface area contributed by atoms with Crippen LogP contribution in [0.4, 0.5) is 11.4 Å². The van der Waals surface area contributed by atoms with Crippen molar-refractivity contribution in [2.45, 2.75) is 109 Å². The molecular weight excluding hydrogens is 456 g/mol. The van der Waals surface area contributed by atoms with Gasteiger partial charge < -0.3 is 20.0 Å². The zero-order valence-electron chi connectivity index (χ0n) is 24.3. The van der Waals surface area contributed by atoms with Gasteiger partial charge in [0.25, 0.3) is 0 Å². The summed E-state index contributed by atoms with van der Waals surface area (Å²) in [4.78, 5) is 5.01. The van der Waals surface area contributed by atoms with Crippen LogP contribution in [0.25, 0.3) is 0 Å². The van der Waals surface area contributed by atoms with Crippen molar-refractivity contribution in [1.29, 1.82) is 0 Å². The second-order valence-corrected chi connectivity index (χ2v) is 15.0. The third kappa shape index (κ3) is 3.53. The molecule has 2 N–H and O–H groups in total. The van der Waals surface area contributed by atoms with Gasteiger partial charge in [0.15, 0.2) is 0 Å². The summed E-state index contributed by atoms with van der Waals surface area (Å²) in [5, 5.41) is 23.7. The summed E-state index contributed by atoms with van der Waals surface area (Å²) in [6.45, 7) is 22.7. The van der Waals surface area contributed by atoms with Gasteiger partial charge in [-0.3, -0.25) is 0 Å². The minimum Gasteiger partial charge on any atom is -0.507 e. The topological polar surface area (TPSA) is 46.9 Å². The molecule has 0 aromatic heterocycles. The number of hydrogen-bond acceptors (Lipinski definition) is 4. The first kappa shape index (κ1) is 24.9. The average Bonchev–Trinajstić information content (AvgIpc) is 2.79. The van der Waals surface area contributed by atoms with Crippen molar-refractivity contribution < 1.29 is 10.2 Å². The fraction of sp³-hybridized carbons (Fsp3) is 0.636. The fourth-order valence-electron chi connectivity index (χ4n) is 7.73. The maximum atomic E-state index is 11.9. The second-order valence-electron chi connectivity index (χ2n) is 15.0. The summed E-state index contributed by atoms with van der Waals surface area (Å²) in [5.41, 5.74) is 9.38. The Morgan fingerprint density at radius 3 is 1.24 bits per heavy atom. The Morgan fingerprint density at radius 2 is 0.892 bits per heavy atom. The minimum atomic E-state index is -0.0809. The summed E-state index contributed by atoms with van der Waals surface area (Å²) in [7, 11) is 0. The predicted octanol–water partition coefficient (Wildman–Crippen LogP) is 7.03. The van der Waals surface area contributed by atoms with Gasteiger partial charge in [0, 0.05) is 55.1 Å². The Kier molecular flexibility index (Phi) is 5.13. The molecule has 2 aromatic rings. The van der Waals surface area contributed by atoms with Crippen LogP contribution in [-0.4, -0.2) is 36.4 Å². The van der Waals surface area contributed by atoms with Crippen LogP contribution in [0.5, 0.6) is 11.5 Å². The molecule has 4 aliphatic rings. The molecule has 0 bridgehead atoms. The summed E-state index contributed by atoms with van der Waals surface area (Å²) >= 11 is 0. The van der Waals surface area contributed by atoms with E-state index in [1.54, 1.807) is 0 Å². The van der Waals surface area contributed by atoms with Gasteiger partial charge in [0.1, 0.15) is 11.5 Å². The Bertz CT molecular complexity index is 1200. The van der Waals surface area contributed by atoms with E-state index in [-0.39, 0.29) is 21.7 Å². The molecule has 6 rings (SSSR count). The highest BCUT2D eigenvalue weighted by atomic mass is 16.3. The zero-order valence-corrected chi connectivity index (χ0v) is 24.3. The molecule has 4 heteroatoms. The van der Waals surface area contributed by atoms with Crippen LogP contribution in [0, 0.1) is 0 Å². The van der Waals surface area contributed by atoms with Gasteiger partial charge in [-0.1, -0.05) is 55.4 Å². The lowest BCUT2D eigenvalue weighted by atomic mass is 9.67. The van der Waals surface area contributed by atoms with Gasteiger partial charge in [-0.15, -0.1) is 0 Å². The summed E-state index contributed by atoms with van der Waals surface area (Å²) in [5.74, 6) is 0.883. The molecule has 37 heavy (non-hydrogen) atoms. The SMILES string of the molecule is CC1(C)CCN2CCC(C)(C)c3c(O)c(Cc4cc5c6c(c4O)C(C)(C)CCN6CCC5(C)C)cc1c32. The number of benzene rings is 2. The smallest absolute Gasteiger partial charge is 0.124 e. The van der Waals surface area contributed by atoms with Crippen molar-refractivity contribution in [3.8, 4) is 11.5 Å². The quantitative estimate of drug-likeness (QED) is 0.463. The van der Waals surface area contributed by atoms with Crippen LogP contribution in [0.15, 0.2) is 12.1 Å². The minimum absolute atomic E-state index is 0.0603. The van der Waals surface area contributed by atoms with Gasteiger partial charge >= 0.3 is 0 Å². The molecule has 200 valence electrons. The first-order chi connectivity index (χ1) is 17.1. The van der Waals surface area contributed by atoms with E-state index in [2.05, 4.69) is 77.3 Å². The molecule has 0 atom stereocenters. The fourth-order valence-corrected chi connectivity index (χ4v) is 7.73. The van der Waals surface area contributed by atoms with Gasteiger partial charge in [0.05, 0.1) is 0 Å². The Labute approximate surface area is 223 Å². The monoisotopic (exact) mass is 502 g/mol. The van der Waals surface area contributed by atoms with E-state index in [9.17, 15) is 10.2 Å². The average molecular weight is 503 g/mol. The molecule has 0 amide bonds. The maximum Gasteiger partial charge on any atom is 0.124 e. The highest BCUT2D eigenvalue weighted by molar-refractivity contribution is 5.76. The Hall–Kier alpha value is -2.36. The van der Waals surface area contributed by atoms with Gasteiger partial charge in [-0.2, -0.15) is 0 Å². The van der Waals surface area contributed by atoms with Crippen molar-refractivity contribution in [2.75, 3.05) is 36.0 Å². The van der Waals surface area contributed by atoms with E-state index in [0.29, 0.717) is 17.9 Å². The van der Waals surface area contributed by atoms with Gasteiger partial charge in [-0.05, 0) is 81.7 Å². The van der Waals surface area contributed by atoms with Crippen LogP contribution >= 0.6 is 0 Å². The van der Waals surface area contributed by atoms with Crippen LogP contribution in [0.2, 0.25) is 0 Å². The van der Waals surface area contributed by atoms with Crippen LogP contribution in [0.3, 0.4) is 0 Å². The summed E-state index contributed by atoms with van der Waals surface area (Å²) in [6.07, 6.45) is 4.89. The van der Waals surface area contributed by atoms with Crippen LogP contribution in [-0.2, 0) is 28.1 Å². The normalized spacial score (nSPS) is 23.9. The zero-order chi connectivity index (χ0) is 26.7. The number of hydrogen-bond donors (Lipinski definition) is 2. The van der Waals surface area contributed by atoms with Gasteiger partial charge in [0.2, 0.25) is 0 Å². The summed E-state index contributed by atoms with van der Waals surface area (Å²) in [6, 6.07) is 4.55. The molecule has 2 aromatic carbocycles. The lowest BCUT2D eigenvalue weighted by Crippen LogP contribution is -2.45. The number of nitrogens with zero attached hydrogens (tertiary/aromatic N) is 2. The first-order valence-corrected chi connectivity index (χ1v) is 14.4. The molecular formula is C33H46N2O2. The predicted molar refractivity (Wildman–Crippen MR) is 154 cm³/mol. The van der Waals surface area contributed by atoms with Crippen molar-refractivity contribution in [2.24, 2.45) is 0 Å². The molecule has 0 saturated carbocycles. The van der Waals surface area contributed by atoms with Crippen LogP contribution < -0.4 is 9.80 Å². The lowest BCUT2D eigenvalue weighted by molar-refractivity contribution is 0.373. The van der Waals surface area contributed by atoms with Gasteiger partial charge in [-0.25, -0.2) is 0 Å². The van der Waals surface area contributed by atoms with E-state index in [4.69, 9.17) is 0 Å². The van der Waals surface area contributed by atoms with Crippen molar-refractivity contribution in [3.63, 3.8) is 0 Å². The molecule has 0 spiro atoms. The standard InChI is InChI=1S/C33H46N2O2/c1-30(2)9-13-34-15-11-32(5,6)24-26(34)22(30)18-20(28(24)36)17-21-19-23-27-25(29(21)37)33(7,8)12-16-35(27)14-10-31(23,3)4/h18-19,36-37H,9-17H2,1-8H3. The van der Waals surface area contributed by atoms with E-state index in [1.165, 1.54) is 22.5 Å². The van der Waals surface area contributed by atoms with Crippen molar-refractivity contribution >= 4 is 11.4 Å². The van der Waals surface area contributed by atoms with E-state index < -0.39 is 0 Å². The Morgan fingerprint density at radius 1 is 0.568 bits per heavy atom. The number of anilines is 2. The largest absolute Gasteiger partial charge is 0.507 e.